The van der Waals surface area contributed by atoms with Gasteiger partial charge in [0, 0.05) is 6.42 Å². The van der Waals surface area contributed by atoms with E-state index in [2.05, 4.69) is 27.4 Å². The van der Waals surface area contributed by atoms with Crippen LogP contribution >= 0.6 is 0 Å². The van der Waals surface area contributed by atoms with Crippen molar-refractivity contribution in [3.05, 3.63) is 42.2 Å². The molecule has 0 spiro atoms. The predicted molar refractivity (Wildman–Crippen MR) is 54.5 cm³/mol. The number of nitrogens with zero attached hydrogens (tertiary/aromatic N) is 3. The standard InChI is InChI=1S/C10H11N4/c11-10-12-9(13-14-10)7-6-8-4-2-1-3-5-8/h1-5H,6-7,11H2. The van der Waals surface area contributed by atoms with Crippen molar-refractivity contribution in [1.29, 1.82) is 0 Å². The lowest BCUT2D eigenvalue weighted by Gasteiger charge is -1.97. The Morgan fingerprint density at radius 2 is 1.79 bits per heavy atom. The summed E-state index contributed by atoms with van der Waals surface area (Å²) < 4.78 is 0. The Hall–Kier alpha value is -1.55. The molecular formula is C10H11N4. The molecule has 2 rings (SSSR count). The van der Waals surface area contributed by atoms with E-state index < -0.39 is 0 Å². The van der Waals surface area contributed by atoms with Crippen LogP contribution < -0.4 is 5.73 Å². The quantitative estimate of drug-likeness (QED) is 0.771. The number of azo groups is 1. The SMILES string of the molecule is N[C]1N=NC(CCc2ccccc2)=N1. The highest BCUT2D eigenvalue weighted by atomic mass is 15.3. The number of aryl methyl sites for hydroxylation is 1. The van der Waals surface area contributed by atoms with E-state index in [9.17, 15) is 0 Å². The van der Waals surface area contributed by atoms with E-state index >= 15 is 0 Å². The normalized spacial score (nSPS) is 15.9. The van der Waals surface area contributed by atoms with E-state index in [4.69, 9.17) is 5.73 Å². The van der Waals surface area contributed by atoms with Crippen LogP contribution in [0.4, 0.5) is 0 Å². The third-order valence-electron chi connectivity index (χ3n) is 1.99. The summed E-state index contributed by atoms with van der Waals surface area (Å²) >= 11 is 0. The maximum absolute atomic E-state index is 5.36. The molecule has 4 heteroatoms. The van der Waals surface area contributed by atoms with Crippen LogP contribution in [0, 0.1) is 6.29 Å². The zero-order chi connectivity index (χ0) is 9.80. The van der Waals surface area contributed by atoms with E-state index in [0.29, 0.717) is 5.84 Å². The lowest BCUT2D eigenvalue weighted by molar-refractivity contribution is 0.942. The maximum atomic E-state index is 5.36. The molecule has 0 unspecified atom stereocenters. The summed E-state index contributed by atoms with van der Waals surface area (Å²) in [7, 11) is 0. The number of hydrogen-bond acceptors (Lipinski definition) is 4. The highest BCUT2D eigenvalue weighted by Crippen LogP contribution is 2.11. The molecule has 1 aromatic rings. The molecule has 71 valence electrons. The van der Waals surface area contributed by atoms with Gasteiger partial charge in [-0.2, -0.15) is 0 Å². The lowest BCUT2D eigenvalue weighted by atomic mass is 10.1. The van der Waals surface area contributed by atoms with Gasteiger partial charge < -0.3 is 0 Å². The molecular weight excluding hydrogens is 176 g/mol. The molecule has 0 saturated carbocycles. The van der Waals surface area contributed by atoms with Crippen LogP contribution in [0.2, 0.25) is 0 Å². The third kappa shape index (κ3) is 2.23. The molecule has 1 aliphatic rings. The summed E-state index contributed by atoms with van der Waals surface area (Å²) in [4.78, 5) is 3.98. The average Bonchev–Trinajstić information content (AvgIpc) is 2.63. The van der Waals surface area contributed by atoms with Crippen LogP contribution in [0.1, 0.15) is 12.0 Å². The van der Waals surface area contributed by atoms with Crippen molar-refractivity contribution in [2.24, 2.45) is 21.0 Å². The zero-order valence-electron chi connectivity index (χ0n) is 7.72. The second-order valence-corrected chi connectivity index (χ2v) is 3.07. The number of hydrogen-bond donors (Lipinski definition) is 1. The van der Waals surface area contributed by atoms with E-state index in [0.717, 1.165) is 12.8 Å². The van der Waals surface area contributed by atoms with Gasteiger partial charge in [-0.05, 0) is 12.0 Å². The van der Waals surface area contributed by atoms with Gasteiger partial charge in [0.05, 0.1) is 0 Å². The molecule has 2 N–H and O–H groups in total. The monoisotopic (exact) mass is 187 g/mol. The first-order valence-electron chi connectivity index (χ1n) is 4.50. The van der Waals surface area contributed by atoms with Gasteiger partial charge in [-0.15, -0.1) is 10.2 Å². The summed E-state index contributed by atoms with van der Waals surface area (Å²) in [6.07, 6.45) is 1.97. The fourth-order valence-electron chi connectivity index (χ4n) is 1.29. The van der Waals surface area contributed by atoms with E-state index in [-0.39, 0.29) is 6.29 Å². The summed E-state index contributed by atoms with van der Waals surface area (Å²) in [5.41, 5.74) is 6.64. The minimum absolute atomic E-state index is 0.257. The Labute approximate surface area is 82.6 Å². The smallest absolute Gasteiger partial charge is 0.282 e. The molecule has 14 heavy (non-hydrogen) atoms. The third-order valence-corrected chi connectivity index (χ3v) is 1.99. The van der Waals surface area contributed by atoms with Gasteiger partial charge in [-0.3, -0.25) is 5.73 Å². The summed E-state index contributed by atoms with van der Waals surface area (Å²) in [6, 6.07) is 10.2. The van der Waals surface area contributed by atoms with Crippen molar-refractivity contribution in [2.45, 2.75) is 12.8 Å². The minimum Gasteiger partial charge on any atom is -0.282 e. The first-order chi connectivity index (χ1) is 6.84. The molecule has 1 aromatic carbocycles. The van der Waals surface area contributed by atoms with E-state index in [1.807, 2.05) is 18.2 Å². The number of aliphatic imine (C=N–C) groups is 1. The van der Waals surface area contributed by atoms with Crippen molar-refractivity contribution in [3.63, 3.8) is 0 Å². The molecule has 0 bridgehead atoms. The van der Waals surface area contributed by atoms with Crippen LogP contribution in [0.3, 0.4) is 0 Å². The number of benzene rings is 1. The van der Waals surface area contributed by atoms with Crippen molar-refractivity contribution >= 4 is 5.84 Å². The number of rotatable bonds is 3. The van der Waals surface area contributed by atoms with Crippen LogP contribution in [0.15, 0.2) is 45.6 Å². The van der Waals surface area contributed by atoms with Gasteiger partial charge >= 0.3 is 0 Å². The summed E-state index contributed by atoms with van der Waals surface area (Å²) in [5.74, 6) is 0.714. The lowest BCUT2D eigenvalue weighted by Crippen LogP contribution is -2.00. The molecule has 0 atom stereocenters. The first-order valence-corrected chi connectivity index (χ1v) is 4.50. The fraction of sp³-hybridized carbons (Fsp3) is 0.200. The number of nitrogens with two attached hydrogens (primary N) is 1. The number of amidine groups is 1. The molecule has 0 saturated heterocycles. The molecule has 1 radical (unpaired) electrons. The Kier molecular flexibility index (Phi) is 2.65. The zero-order valence-corrected chi connectivity index (χ0v) is 7.72. The van der Waals surface area contributed by atoms with E-state index in [1.54, 1.807) is 0 Å². The highest BCUT2D eigenvalue weighted by molar-refractivity contribution is 5.84. The first kappa shape index (κ1) is 9.02. The molecule has 0 amide bonds. The fourth-order valence-corrected chi connectivity index (χ4v) is 1.29. The summed E-state index contributed by atoms with van der Waals surface area (Å²) in [5, 5.41) is 7.49. The van der Waals surface area contributed by atoms with Crippen molar-refractivity contribution in [3.8, 4) is 0 Å². The average molecular weight is 187 g/mol. The van der Waals surface area contributed by atoms with Gasteiger partial charge in [0.25, 0.3) is 6.29 Å². The van der Waals surface area contributed by atoms with Crippen LogP contribution in [0.5, 0.6) is 0 Å². The second kappa shape index (κ2) is 4.11. The largest absolute Gasteiger partial charge is 0.285 e. The van der Waals surface area contributed by atoms with Crippen LogP contribution in [0.25, 0.3) is 0 Å². The molecule has 0 aliphatic carbocycles. The Morgan fingerprint density at radius 3 is 2.43 bits per heavy atom. The highest BCUT2D eigenvalue weighted by Gasteiger charge is 2.10. The van der Waals surface area contributed by atoms with Crippen molar-refractivity contribution in [1.82, 2.24) is 0 Å². The van der Waals surface area contributed by atoms with Gasteiger partial charge in [0.15, 0.2) is 0 Å². The van der Waals surface area contributed by atoms with Crippen molar-refractivity contribution < 1.29 is 0 Å². The van der Waals surface area contributed by atoms with Gasteiger partial charge in [0.1, 0.15) is 5.84 Å². The Bertz CT molecular complexity index is 356. The molecule has 1 aliphatic heterocycles. The van der Waals surface area contributed by atoms with Crippen LogP contribution in [-0.2, 0) is 6.42 Å². The van der Waals surface area contributed by atoms with Gasteiger partial charge in [-0.25, -0.2) is 4.99 Å². The topological polar surface area (TPSA) is 63.1 Å². The Balaban J connectivity index is 1.90. The Morgan fingerprint density at radius 1 is 1.00 bits per heavy atom. The molecule has 4 nitrogen and oxygen atoms in total. The van der Waals surface area contributed by atoms with Gasteiger partial charge in [-0.1, -0.05) is 30.3 Å². The minimum atomic E-state index is 0.257. The second-order valence-electron chi connectivity index (χ2n) is 3.07. The van der Waals surface area contributed by atoms with E-state index in [1.165, 1.54) is 5.56 Å². The summed E-state index contributed by atoms with van der Waals surface area (Å²) in [6.45, 7) is 0. The van der Waals surface area contributed by atoms with Crippen molar-refractivity contribution in [2.75, 3.05) is 0 Å². The molecule has 0 aromatic heterocycles. The molecule has 0 fully saturated rings. The molecule has 1 heterocycles. The van der Waals surface area contributed by atoms with Crippen LogP contribution in [-0.4, -0.2) is 5.84 Å². The maximum Gasteiger partial charge on any atom is 0.285 e. The predicted octanol–water partition coefficient (Wildman–Crippen LogP) is 1.89. The van der Waals surface area contributed by atoms with Gasteiger partial charge in [0.2, 0.25) is 0 Å².